The van der Waals surface area contributed by atoms with Crippen LogP contribution in [0.5, 0.6) is 0 Å². The van der Waals surface area contributed by atoms with E-state index < -0.39 is 33.5 Å². The van der Waals surface area contributed by atoms with E-state index >= 15 is 0 Å². The first-order valence-electron chi connectivity index (χ1n) is 12.0. The van der Waals surface area contributed by atoms with Crippen LogP contribution >= 0.6 is 11.6 Å². The number of ether oxygens (including phenoxy) is 1. The molecule has 0 unspecified atom stereocenters. The number of rotatable bonds is 7. The molecule has 0 aromatic heterocycles. The lowest BCUT2D eigenvalue weighted by Crippen LogP contribution is -2.60. The fourth-order valence-electron chi connectivity index (χ4n) is 5.12. The molecule has 2 saturated heterocycles. The van der Waals surface area contributed by atoms with Crippen LogP contribution in [0.25, 0.3) is 0 Å². The molecule has 1 amide bonds. The molecule has 194 valence electrons. The number of aliphatic hydroxyl groups is 1. The standard InChI is InChI=1S/C24H34ClN3O6S/c1-17-15-34-22(31)21(28(17)35(32,33)19-6-4-18(25)5-7-19)24(8-9-24)14-20(30)26-10-12-27(13-11-26)23(2,3)16-29/h4-7,17,21,29H,8-16H2,1-3H3/t17-,21-/m1/s1. The molecule has 0 radical (unpaired) electrons. The SMILES string of the molecule is C[C@@H]1COC(=O)[C@H](C2(CC(=O)N3CCN(C(C)(C)CO)CC3)CC2)N1S(=O)(=O)c1ccc(Cl)cc1. The Kier molecular flexibility index (Phi) is 7.25. The minimum Gasteiger partial charge on any atom is -0.463 e. The van der Waals surface area contributed by atoms with Crippen molar-refractivity contribution in [3.63, 3.8) is 0 Å². The highest BCUT2D eigenvalue weighted by atomic mass is 35.5. The third kappa shape index (κ3) is 5.09. The summed E-state index contributed by atoms with van der Waals surface area (Å²) in [7, 11) is -4.02. The largest absolute Gasteiger partial charge is 0.463 e. The number of benzene rings is 1. The minimum atomic E-state index is -4.02. The van der Waals surface area contributed by atoms with E-state index in [1.165, 1.54) is 28.6 Å². The first-order chi connectivity index (χ1) is 16.4. The van der Waals surface area contributed by atoms with Crippen LogP contribution in [0.4, 0.5) is 0 Å². The summed E-state index contributed by atoms with van der Waals surface area (Å²) in [4.78, 5) is 30.3. The van der Waals surface area contributed by atoms with Gasteiger partial charge in [-0.3, -0.25) is 14.5 Å². The summed E-state index contributed by atoms with van der Waals surface area (Å²) in [5.41, 5.74) is -1.13. The number of carbonyl (C=O) groups excluding carboxylic acids is 2. The molecule has 0 spiro atoms. The molecular weight excluding hydrogens is 494 g/mol. The first-order valence-corrected chi connectivity index (χ1v) is 13.8. The molecule has 35 heavy (non-hydrogen) atoms. The number of piperazine rings is 1. The van der Waals surface area contributed by atoms with Gasteiger partial charge in [-0.25, -0.2) is 8.42 Å². The fourth-order valence-corrected chi connectivity index (χ4v) is 7.09. The van der Waals surface area contributed by atoms with Gasteiger partial charge in [0, 0.05) is 48.6 Å². The molecule has 1 aromatic carbocycles. The monoisotopic (exact) mass is 527 g/mol. The quantitative estimate of drug-likeness (QED) is 0.538. The Labute approximate surface area is 212 Å². The number of carbonyl (C=O) groups is 2. The Bertz CT molecular complexity index is 1070. The highest BCUT2D eigenvalue weighted by molar-refractivity contribution is 7.89. The summed E-state index contributed by atoms with van der Waals surface area (Å²) in [6, 6.07) is 4.26. The highest BCUT2D eigenvalue weighted by Gasteiger charge is 2.61. The number of hydrogen-bond donors (Lipinski definition) is 1. The maximum atomic E-state index is 13.6. The van der Waals surface area contributed by atoms with Crippen molar-refractivity contribution >= 4 is 33.5 Å². The second kappa shape index (κ2) is 9.63. The van der Waals surface area contributed by atoms with E-state index in [-0.39, 0.29) is 36.0 Å². The van der Waals surface area contributed by atoms with Gasteiger partial charge in [-0.1, -0.05) is 11.6 Å². The zero-order chi connectivity index (χ0) is 25.6. The lowest BCUT2D eigenvalue weighted by molar-refractivity contribution is -0.161. The molecule has 0 bridgehead atoms. The number of sulfonamides is 1. The van der Waals surface area contributed by atoms with Gasteiger partial charge in [0.1, 0.15) is 12.6 Å². The van der Waals surface area contributed by atoms with E-state index in [0.717, 1.165) is 0 Å². The lowest BCUT2D eigenvalue weighted by Gasteiger charge is -2.44. The zero-order valence-electron chi connectivity index (χ0n) is 20.4. The predicted molar refractivity (Wildman–Crippen MR) is 130 cm³/mol. The molecule has 3 fully saturated rings. The lowest BCUT2D eigenvalue weighted by atomic mass is 9.90. The topological polar surface area (TPSA) is 107 Å². The van der Waals surface area contributed by atoms with Crippen molar-refractivity contribution in [2.24, 2.45) is 5.41 Å². The van der Waals surface area contributed by atoms with Crippen molar-refractivity contribution in [1.29, 1.82) is 0 Å². The summed E-state index contributed by atoms with van der Waals surface area (Å²) in [5, 5.41) is 10.0. The van der Waals surface area contributed by atoms with Crippen LogP contribution < -0.4 is 0 Å². The van der Waals surface area contributed by atoms with Crippen LogP contribution in [0.2, 0.25) is 5.02 Å². The molecule has 9 nitrogen and oxygen atoms in total. The first kappa shape index (κ1) is 26.3. The van der Waals surface area contributed by atoms with Crippen LogP contribution in [-0.2, 0) is 24.3 Å². The van der Waals surface area contributed by atoms with E-state index in [1.54, 1.807) is 11.8 Å². The van der Waals surface area contributed by atoms with Crippen molar-refractivity contribution in [2.75, 3.05) is 39.4 Å². The molecule has 1 aliphatic carbocycles. The van der Waals surface area contributed by atoms with Gasteiger partial charge < -0.3 is 14.7 Å². The molecule has 1 aromatic rings. The van der Waals surface area contributed by atoms with Gasteiger partial charge in [-0.2, -0.15) is 4.31 Å². The van der Waals surface area contributed by atoms with Crippen LogP contribution in [0, 0.1) is 5.41 Å². The molecule has 4 rings (SSSR count). The third-order valence-corrected chi connectivity index (χ3v) is 9.86. The predicted octanol–water partition coefficient (Wildman–Crippen LogP) is 1.73. The van der Waals surface area contributed by atoms with Gasteiger partial charge in [0.2, 0.25) is 15.9 Å². The van der Waals surface area contributed by atoms with Crippen molar-refractivity contribution in [3.05, 3.63) is 29.3 Å². The Morgan fingerprint density at radius 1 is 1.17 bits per heavy atom. The molecule has 2 aliphatic heterocycles. The van der Waals surface area contributed by atoms with Gasteiger partial charge in [-0.15, -0.1) is 0 Å². The van der Waals surface area contributed by atoms with Crippen molar-refractivity contribution < 1.29 is 27.9 Å². The van der Waals surface area contributed by atoms with Crippen molar-refractivity contribution in [1.82, 2.24) is 14.1 Å². The molecule has 1 N–H and O–H groups in total. The number of aliphatic hydroxyl groups excluding tert-OH is 1. The average Bonchev–Trinajstić information content (AvgIpc) is 3.60. The van der Waals surface area contributed by atoms with Gasteiger partial charge >= 0.3 is 5.97 Å². The van der Waals surface area contributed by atoms with Crippen LogP contribution in [0.15, 0.2) is 29.2 Å². The summed E-state index contributed by atoms with van der Waals surface area (Å²) in [6.45, 7) is 7.99. The smallest absolute Gasteiger partial charge is 0.325 e. The van der Waals surface area contributed by atoms with Crippen molar-refractivity contribution in [3.8, 4) is 0 Å². The van der Waals surface area contributed by atoms with Gasteiger partial charge in [-0.05, 0) is 57.9 Å². The highest BCUT2D eigenvalue weighted by Crippen LogP contribution is 2.56. The Morgan fingerprint density at radius 3 is 2.31 bits per heavy atom. The average molecular weight is 528 g/mol. The Hall–Kier alpha value is -1.72. The summed E-state index contributed by atoms with van der Waals surface area (Å²) in [6.07, 6.45) is 1.25. The van der Waals surface area contributed by atoms with Gasteiger partial charge in [0.05, 0.1) is 17.5 Å². The normalized spacial score (nSPS) is 25.9. The number of esters is 1. The van der Waals surface area contributed by atoms with Gasteiger partial charge in [0.15, 0.2) is 0 Å². The van der Waals surface area contributed by atoms with E-state index in [2.05, 4.69) is 4.90 Å². The van der Waals surface area contributed by atoms with E-state index in [1.807, 2.05) is 13.8 Å². The molecule has 1 saturated carbocycles. The maximum absolute atomic E-state index is 13.6. The summed E-state index contributed by atoms with van der Waals surface area (Å²) in [5.74, 6) is -0.681. The second-order valence-electron chi connectivity index (χ2n) is 10.5. The number of cyclic esters (lactones) is 1. The molecular formula is C24H34ClN3O6S. The maximum Gasteiger partial charge on any atom is 0.325 e. The Morgan fingerprint density at radius 2 is 1.77 bits per heavy atom. The van der Waals surface area contributed by atoms with E-state index in [0.29, 0.717) is 44.0 Å². The number of nitrogens with zero attached hydrogens (tertiary/aromatic N) is 3. The molecule has 3 aliphatic rings. The Balaban J connectivity index is 1.53. The number of halogens is 1. The van der Waals surface area contributed by atoms with Gasteiger partial charge in [0.25, 0.3) is 0 Å². The number of amides is 1. The molecule has 11 heteroatoms. The van der Waals surface area contributed by atoms with Crippen LogP contribution in [-0.4, -0.2) is 96.5 Å². The third-order valence-electron chi connectivity index (χ3n) is 7.62. The number of hydrogen-bond acceptors (Lipinski definition) is 7. The van der Waals surface area contributed by atoms with E-state index in [4.69, 9.17) is 16.3 Å². The minimum absolute atomic E-state index is 0.0317. The zero-order valence-corrected chi connectivity index (χ0v) is 22.0. The second-order valence-corrected chi connectivity index (χ2v) is 12.8. The summed E-state index contributed by atoms with van der Waals surface area (Å²) < 4.78 is 33.9. The fraction of sp³-hybridized carbons (Fsp3) is 0.667. The number of morpholine rings is 1. The van der Waals surface area contributed by atoms with E-state index in [9.17, 15) is 23.1 Å². The summed E-state index contributed by atoms with van der Waals surface area (Å²) >= 11 is 5.94. The molecule has 2 atom stereocenters. The van der Waals surface area contributed by atoms with Crippen LogP contribution in [0.3, 0.4) is 0 Å². The van der Waals surface area contributed by atoms with Crippen LogP contribution in [0.1, 0.15) is 40.0 Å². The van der Waals surface area contributed by atoms with Crippen molar-refractivity contribution in [2.45, 2.75) is 62.6 Å². The molecule has 2 heterocycles.